The van der Waals surface area contributed by atoms with Gasteiger partial charge in [-0.25, -0.2) is 0 Å². The molecular formula is C21H28N2O2. The molecule has 1 aromatic carbocycles. The lowest BCUT2D eigenvalue weighted by Crippen LogP contribution is -2.44. The van der Waals surface area contributed by atoms with Gasteiger partial charge in [-0.2, -0.15) is 0 Å². The minimum Gasteiger partial charge on any atom is -0.469 e. The van der Waals surface area contributed by atoms with Crippen molar-refractivity contribution in [1.29, 1.82) is 0 Å². The van der Waals surface area contributed by atoms with Crippen LogP contribution < -0.4 is 0 Å². The van der Waals surface area contributed by atoms with Gasteiger partial charge in [0.25, 0.3) is 0 Å². The molecule has 1 fully saturated rings. The van der Waals surface area contributed by atoms with E-state index in [0.717, 1.165) is 43.6 Å². The second-order valence-electron chi connectivity index (χ2n) is 7.83. The van der Waals surface area contributed by atoms with Gasteiger partial charge in [0.05, 0.1) is 13.0 Å². The minimum absolute atomic E-state index is 0.0975. The second kappa shape index (κ2) is 6.49. The predicted molar refractivity (Wildman–Crippen MR) is 99.8 cm³/mol. The lowest BCUT2D eigenvalue weighted by molar-refractivity contribution is -0.143. The van der Waals surface area contributed by atoms with E-state index >= 15 is 0 Å². The Morgan fingerprint density at radius 3 is 3.00 bits per heavy atom. The van der Waals surface area contributed by atoms with Crippen molar-refractivity contribution in [2.24, 2.45) is 5.41 Å². The predicted octanol–water partition coefficient (Wildman–Crippen LogP) is 3.86. The Bertz CT molecular complexity index is 781. The highest BCUT2D eigenvalue weighted by Crippen LogP contribution is 2.44. The van der Waals surface area contributed by atoms with E-state index in [1.807, 2.05) is 0 Å². The topological polar surface area (TPSA) is 45.3 Å². The standard InChI is InChI=1S/C21H28N2O2/c1-3-21-10-6-11-23(14-21)12-9-16-15-7-4-5-8-18(15)22-19(16)17(13-21)20(24)25-2/h4-5,7-8,17,22H,3,6,9-14H2,1-2H3/t17-,21+/m0/s1. The quantitative estimate of drug-likeness (QED) is 0.844. The van der Waals surface area contributed by atoms with Crippen LogP contribution in [0.5, 0.6) is 0 Å². The maximum Gasteiger partial charge on any atom is 0.314 e. The first-order valence-electron chi connectivity index (χ1n) is 9.55. The number of nitrogens with one attached hydrogen (secondary N) is 1. The number of piperidine rings is 1. The van der Waals surface area contributed by atoms with E-state index in [4.69, 9.17) is 4.74 Å². The number of aromatic amines is 1. The third-order valence-corrected chi connectivity index (χ3v) is 6.49. The molecule has 2 aromatic rings. The summed E-state index contributed by atoms with van der Waals surface area (Å²) in [7, 11) is 1.52. The number of hydrogen-bond acceptors (Lipinski definition) is 3. The number of carbonyl (C=O) groups excluding carboxylic acids is 1. The zero-order valence-corrected chi connectivity index (χ0v) is 15.3. The third kappa shape index (κ3) is 2.86. The zero-order valence-electron chi connectivity index (χ0n) is 15.3. The van der Waals surface area contributed by atoms with Crippen LogP contribution in [0.4, 0.5) is 0 Å². The Labute approximate surface area is 149 Å². The van der Waals surface area contributed by atoms with E-state index < -0.39 is 0 Å². The number of H-pyrrole nitrogens is 1. The first-order chi connectivity index (χ1) is 12.2. The van der Waals surface area contributed by atoms with E-state index in [0.29, 0.717) is 0 Å². The number of hydrogen-bond donors (Lipinski definition) is 1. The van der Waals surface area contributed by atoms with Crippen LogP contribution in [-0.4, -0.2) is 42.6 Å². The molecule has 2 bridgehead atoms. The molecule has 1 unspecified atom stereocenters. The molecule has 4 nitrogen and oxygen atoms in total. The third-order valence-electron chi connectivity index (χ3n) is 6.49. The van der Waals surface area contributed by atoms with Crippen LogP contribution in [0.1, 0.15) is 49.8 Å². The summed E-state index contributed by atoms with van der Waals surface area (Å²) in [4.78, 5) is 18.9. The number of esters is 1. The van der Waals surface area contributed by atoms with Crippen LogP contribution in [0.2, 0.25) is 0 Å². The van der Waals surface area contributed by atoms with Crippen molar-refractivity contribution in [2.45, 2.75) is 44.9 Å². The summed E-state index contributed by atoms with van der Waals surface area (Å²) in [6.07, 6.45) is 5.44. The molecule has 3 heterocycles. The fourth-order valence-electron chi connectivity index (χ4n) is 5.04. The average Bonchev–Trinajstić information content (AvgIpc) is 3.03. The number of nitrogens with zero attached hydrogens (tertiary/aromatic N) is 1. The number of methoxy groups -OCH3 is 1. The zero-order chi connectivity index (χ0) is 17.4. The molecule has 0 saturated carbocycles. The van der Waals surface area contributed by atoms with Crippen molar-refractivity contribution in [3.8, 4) is 0 Å². The van der Waals surface area contributed by atoms with Crippen LogP contribution in [0.25, 0.3) is 10.9 Å². The summed E-state index contributed by atoms with van der Waals surface area (Å²) >= 11 is 0. The van der Waals surface area contributed by atoms with Gasteiger partial charge in [-0.1, -0.05) is 25.1 Å². The maximum absolute atomic E-state index is 12.7. The van der Waals surface area contributed by atoms with Gasteiger partial charge < -0.3 is 14.6 Å². The smallest absolute Gasteiger partial charge is 0.314 e. The Kier molecular flexibility index (Phi) is 4.32. The van der Waals surface area contributed by atoms with Crippen LogP contribution in [0.15, 0.2) is 24.3 Å². The normalized spacial score (nSPS) is 29.4. The number of benzene rings is 1. The second-order valence-corrected chi connectivity index (χ2v) is 7.83. The van der Waals surface area contributed by atoms with E-state index in [2.05, 4.69) is 41.1 Å². The largest absolute Gasteiger partial charge is 0.469 e. The molecule has 2 aliphatic heterocycles. The number of para-hydroxylation sites is 1. The monoisotopic (exact) mass is 340 g/mol. The number of aromatic nitrogens is 1. The summed E-state index contributed by atoms with van der Waals surface area (Å²) in [6, 6.07) is 8.42. The highest BCUT2D eigenvalue weighted by atomic mass is 16.5. The molecule has 4 heteroatoms. The summed E-state index contributed by atoms with van der Waals surface area (Å²) in [6.45, 7) is 5.65. The summed E-state index contributed by atoms with van der Waals surface area (Å²) < 4.78 is 5.23. The molecular weight excluding hydrogens is 312 g/mol. The molecule has 3 atom stereocenters. The molecule has 1 saturated heterocycles. The minimum atomic E-state index is -0.189. The molecule has 0 amide bonds. The molecule has 2 aliphatic rings. The first-order valence-corrected chi connectivity index (χ1v) is 9.55. The lowest BCUT2D eigenvalue weighted by Gasteiger charge is -2.43. The molecule has 25 heavy (non-hydrogen) atoms. The Morgan fingerprint density at radius 2 is 2.20 bits per heavy atom. The van der Waals surface area contributed by atoms with Gasteiger partial charge in [0, 0.05) is 29.7 Å². The Balaban J connectivity index is 1.86. The number of rotatable bonds is 2. The van der Waals surface area contributed by atoms with Crippen molar-refractivity contribution >= 4 is 16.9 Å². The van der Waals surface area contributed by atoms with Gasteiger partial charge in [-0.05, 0) is 55.7 Å². The van der Waals surface area contributed by atoms with Crippen LogP contribution in [0.3, 0.4) is 0 Å². The van der Waals surface area contributed by atoms with Gasteiger partial charge >= 0.3 is 5.97 Å². The number of carbonyl (C=O) groups is 1. The van der Waals surface area contributed by atoms with Gasteiger partial charge in [0.1, 0.15) is 0 Å². The van der Waals surface area contributed by atoms with Crippen molar-refractivity contribution in [1.82, 2.24) is 9.88 Å². The summed E-state index contributed by atoms with van der Waals surface area (Å²) in [5, 5.41) is 1.26. The first kappa shape index (κ1) is 16.6. The van der Waals surface area contributed by atoms with Crippen LogP contribution in [0, 0.1) is 5.41 Å². The van der Waals surface area contributed by atoms with E-state index in [1.165, 1.54) is 37.4 Å². The maximum atomic E-state index is 12.7. The molecule has 134 valence electrons. The van der Waals surface area contributed by atoms with E-state index in [1.54, 1.807) is 0 Å². The van der Waals surface area contributed by atoms with Gasteiger partial charge in [-0.15, -0.1) is 0 Å². The fraction of sp³-hybridized carbons (Fsp3) is 0.571. The lowest BCUT2D eigenvalue weighted by atomic mass is 9.71. The average molecular weight is 340 g/mol. The molecule has 0 spiro atoms. The number of ether oxygens (including phenoxy) is 1. The molecule has 4 rings (SSSR count). The fourth-order valence-corrected chi connectivity index (χ4v) is 5.04. The van der Waals surface area contributed by atoms with Crippen LogP contribution in [-0.2, 0) is 16.0 Å². The number of fused-ring (bicyclic) bond motifs is 5. The van der Waals surface area contributed by atoms with Gasteiger partial charge in [0.2, 0.25) is 0 Å². The molecule has 1 aromatic heterocycles. The van der Waals surface area contributed by atoms with Crippen molar-refractivity contribution in [2.75, 3.05) is 26.7 Å². The van der Waals surface area contributed by atoms with Crippen molar-refractivity contribution < 1.29 is 9.53 Å². The highest BCUT2D eigenvalue weighted by molar-refractivity contribution is 5.88. The van der Waals surface area contributed by atoms with Crippen molar-refractivity contribution in [3.63, 3.8) is 0 Å². The summed E-state index contributed by atoms with van der Waals surface area (Å²) in [5.41, 5.74) is 3.75. The highest BCUT2D eigenvalue weighted by Gasteiger charge is 2.41. The van der Waals surface area contributed by atoms with E-state index in [-0.39, 0.29) is 17.3 Å². The van der Waals surface area contributed by atoms with E-state index in [9.17, 15) is 4.79 Å². The Hall–Kier alpha value is -1.81. The van der Waals surface area contributed by atoms with Gasteiger partial charge in [-0.3, -0.25) is 4.79 Å². The SMILES string of the molecule is CC[C@@]12CCCN(CCc3c([nH]c4ccccc34)[C@@H](C(=O)OC)C1)C2. The summed E-state index contributed by atoms with van der Waals surface area (Å²) in [5.74, 6) is -0.287. The van der Waals surface area contributed by atoms with Crippen molar-refractivity contribution in [3.05, 3.63) is 35.5 Å². The molecule has 1 N–H and O–H groups in total. The van der Waals surface area contributed by atoms with Crippen LogP contribution >= 0.6 is 0 Å². The molecule has 0 aliphatic carbocycles. The molecule has 0 radical (unpaired) electrons. The Morgan fingerprint density at radius 1 is 1.36 bits per heavy atom. The van der Waals surface area contributed by atoms with Gasteiger partial charge in [0.15, 0.2) is 0 Å².